The van der Waals surface area contributed by atoms with Crippen LogP contribution in [-0.2, 0) is 21.2 Å². The molecule has 0 aliphatic heterocycles. The molecule has 0 fully saturated rings. The van der Waals surface area contributed by atoms with Crippen molar-refractivity contribution in [1.82, 2.24) is 9.97 Å². The van der Waals surface area contributed by atoms with Gasteiger partial charge in [0.15, 0.2) is 15.0 Å². The minimum absolute atomic E-state index is 0.0827. The maximum Gasteiger partial charge on any atom is 0.229 e. The molecule has 2 heterocycles. The van der Waals surface area contributed by atoms with E-state index in [0.717, 1.165) is 32.5 Å². The maximum absolute atomic E-state index is 13.3. The van der Waals surface area contributed by atoms with Crippen LogP contribution in [0.15, 0.2) is 65.8 Å². The van der Waals surface area contributed by atoms with Crippen molar-refractivity contribution in [2.45, 2.75) is 45.1 Å². The van der Waals surface area contributed by atoms with Gasteiger partial charge in [0.2, 0.25) is 5.91 Å². The number of amides is 1. The molecule has 2 aromatic carbocycles. The van der Waals surface area contributed by atoms with E-state index in [9.17, 15) is 13.2 Å². The van der Waals surface area contributed by atoms with Crippen LogP contribution in [0.2, 0.25) is 0 Å². The van der Waals surface area contributed by atoms with Gasteiger partial charge in [-0.25, -0.2) is 13.4 Å². The number of sulfone groups is 1. The first-order chi connectivity index (χ1) is 16.2. The Hall–Kier alpha value is -3.10. The summed E-state index contributed by atoms with van der Waals surface area (Å²) in [4.78, 5) is 24.2. The lowest BCUT2D eigenvalue weighted by Crippen LogP contribution is -2.30. The van der Waals surface area contributed by atoms with Gasteiger partial charge in [0.1, 0.15) is 0 Å². The number of carbonyl (C=O) groups excluding carboxylic acids is 1. The molecule has 0 aliphatic carbocycles. The molecule has 6 nitrogen and oxygen atoms in total. The first-order valence-electron chi connectivity index (χ1n) is 11.1. The molecule has 8 heteroatoms. The Bertz CT molecular complexity index is 1410. The van der Waals surface area contributed by atoms with E-state index in [0.29, 0.717) is 11.7 Å². The highest BCUT2D eigenvalue weighted by atomic mass is 32.2. The molecule has 0 atom stereocenters. The smallest absolute Gasteiger partial charge is 0.229 e. The number of hydrogen-bond donors (Lipinski definition) is 0. The van der Waals surface area contributed by atoms with Crippen molar-refractivity contribution in [1.29, 1.82) is 0 Å². The number of fused-ring (bicyclic) bond motifs is 1. The minimum Gasteiger partial charge on any atom is -0.284 e. The predicted octanol–water partition coefficient (Wildman–Crippen LogP) is 5.40. The monoisotopic (exact) mass is 493 g/mol. The number of pyridine rings is 1. The fourth-order valence-corrected chi connectivity index (χ4v) is 6.29. The average Bonchev–Trinajstić information content (AvgIpc) is 3.22. The summed E-state index contributed by atoms with van der Waals surface area (Å²) in [6, 6.07) is 14.7. The Balaban J connectivity index is 1.55. The SMILES string of the molecule is Cc1ccc(S(=O)(=O)CCCC(=O)N(Cc2cccnc2)c2nc3c(C)cc(C)cc3s2)cc1. The predicted molar refractivity (Wildman–Crippen MR) is 137 cm³/mol. The van der Waals surface area contributed by atoms with Crippen LogP contribution in [0.25, 0.3) is 10.2 Å². The number of thiazole rings is 1. The van der Waals surface area contributed by atoms with E-state index >= 15 is 0 Å². The van der Waals surface area contributed by atoms with Crippen LogP contribution < -0.4 is 4.90 Å². The zero-order valence-corrected chi connectivity index (χ0v) is 21.1. The van der Waals surface area contributed by atoms with Crippen LogP contribution in [0.5, 0.6) is 0 Å². The Kier molecular flexibility index (Phi) is 7.09. The van der Waals surface area contributed by atoms with Crippen molar-refractivity contribution in [2.75, 3.05) is 10.7 Å². The standard InChI is InChI=1S/C26H27N3O3S2/c1-18-8-10-22(11-9-18)34(31,32)13-5-7-24(30)29(17-21-6-4-12-27-16-21)26-28-25-20(3)14-19(2)15-23(25)33-26/h4,6,8-12,14-16H,5,7,13,17H2,1-3H3. The number of nitrogens with zero attached hydrogens (tertiary/aromatic N) is 3. The summed E-state index contributed by atoms with van der Waals surface area (Å²) >= 11 is 1.47. The lowest BCUT2D eigenvalue weighted by atomic mass is 10.1. The molecule has 4 aromatic rings. The summed E-state index contributed by atoms with van der Waals surface area (Å²) in [6.07, 6.45) is 3.77. The Morgan fingerprint density at radius 3 is 2.50 bits per heavy atom. The summed E-state index contributed by atoms with van der Waals surface area (Å²) in [7, 11) is -3.45. The van der Waals surface area contributed by atoms with Crippen molar-refractivity contribution in [3.63, 3.8) is 0 Å². The molecule has 176 valence electrons. The third-order valence-corrected chi connectivity index (χ3v) is 8.44. The van der Waals surface area contributed by atoms with Crippen LogP contribution >= 0.6 is 11.3 Å². The van der Waals surface area contributed by atoms with Gasteiger partial charge in [-0.05, 0) is 68.1 Å². The van der Waals surface area contributed by atoms with Crippen LogP contribution in [0.3, 0.4) is 0 Å². The van der Waals surface area contributed by atoms with E-state index in [-0.39, 0.29) is 29.4 Å². The van der Waals surface area contributed by atoms with Gasteiger partial charge in [0.25, 0.3) is 0 Å². The van der Waals surface area contributed by atoms with E-state index in [1.807, 2.05) is 32.9 Å². The number of aromatic nitrogens is 2. The molecule has 4 rings (SSSR count). The molecule has 34 heavy (non-hydrogen) atoms. The molecule has 0 unspecified atom stereocenters. The van der Waals surface area contributed by atoms with E-state index in [2.05, 4.69) is 17.1 Å². The Morgan fingerprint density at radius 1 is 1.03 bits per heavy atom. The highest BCUT2D eigenvalue weighted by Crippen LogP contribution is 2.33. The van der Waals surface area contributed by atoms with Gasteiger partial charge in [-0.15, -0.1) is 0 Å². The third kappa shape index (κ3) is 5.51. The zero-order valence-electron chi connectivity index (χ0n) is 19.5. The normalized spacial score (nSPS) is 11.6. The van der Waals surface area contributed by atoms with Crippen molar-refractivity contribution in [2.24, 2.45) is 0 Å². The van der Waals surface area contributed by atoms with Crippen LogP contribution in [-0.4, -0.2) is 30.0 Å². The van der Waals surface area contributed by atoms with Crippen LogP contribution in [0.4, 0.5) is 5.13 Å². The number of benzene rings is 2. The van der Waals surface area contributed by atoms with Gasteiger partial charge in [0.05, 0.1) is 27.4 Å². The second kappa shape index (κ2) is 10.0. The van der Waals surface area contributed by atoms with Crippen molar-refractivity contribution >= 4 is 42.4 Å². The van der Waals surface area contributed by atoms with Gasteiger partial charge in [-0.2, -0.15) is 0 Å². The zero-order chi connectivity index (χ0) is 24.3. The molecule has 0 saturated carbocycles. The lowest BCUT2D eigenvalue weighted by molar-refractivity contribution is -0.118. The van der Waals surface area contributed by atoms with Crippen molar-refractivity contribution in [3.8, 4) is 0 Å². The summed E-state index contributed by atoms with van der Waals surface area (Å²) in [5.74, 6) is -0.239. The lowest BCUT2D eigenvalue weighted by Gasteiger charge is -2.20. The van der Waals surface area contributed by atoms with E-state index < -0.39 is 9.84 Å². The highest BCUT2D eigenvalue weighted by Gasteiger charge is 2.22. The summed E-state index contributed by atoms with van der Waals surface area (Å²) < 4.78 is 26.4. The quantitative estimate of drug-likeness (QED) is 0.328. The number of aryl methyl sites for hydroxylation is 3. The van der Waals surface area contributed by atoms with Gasteiger partial charge in [-0.3, -0.25) is 14.7 Å². The van der Waals surface area contributed by atoms with Gasteiger partial charge < -0.3 is 0 Å². The Labute approximate surface area is 204 Å². The van der Waals surface area contributed by atoms with E-state index in [1.54, 1.807) is 41.6 Å². The second-order valence-electron chi connectivity index (χ2n) is 8.50. The first kappa shape index (κ1) is 24.0. The van der Waals surface area contributed by atoms with E-state index in [4.69, 9.17) is 4.98 Å². The fraction of sp³-hybridized carbons (Fsp3) is 0.269. The largest absolute Gasteiger partial charge is 0.284 e. The number of carbonyl (C=O) groups is 1. The highest BCUT2D eigenvalue weighted by molar-refractivity contribution is 7.91. The van der Waals surface area contributed by atoms with Gasteiger partial charge in [0, 0.05) is 18.8 Å². The molecule has 0 saturated heterocycles. The van der Waals surface area contributed by atoms with Gasteiger partial charge >= 0.3 is 0 Å². The van der Waals surface area contributed by atoms with Crippen LogP contribution in [0, 0.1) is 20.8 Å². The van der Waals surface area contributed by atoms with Crippen molar-refractivity contribution < 1.29 is 13.2 Å². The fourth-order valence-electron chi connectivity index (χ4n) is 3.82. The number of hydrogen-bond acceptors (Lipinski definition) is 6. The summed E-state index contributed by atoms with van der Waals surface area (Å²) in [5, 5.41) is 0.610. The van der Waals surface area contributed by atoms with Crippen LogP contribution in [0.1, 0.15) is 35.1 Å². The second-order valence-corrected chi connectivity index (χ2v) is 11.6. The minimum atomic E-state index is -3.45. The summed E-state index contributed by atoms with van der Waals surface area (Å²) in [5.41, 5.74) is 4.98. The first-order valence-corrected chi connectivity index (χ1v) is 13.6. The van der Waals surface area contributed by atoms with Gasteiger partial charge in [-0.1, -0.05) is 41.2 Å². The number of anilines is 1. The molecule has 2 aromatic heterocycles. The summed E-state index contributed by atoms with van der Waals surface area (Å²) in [6.45, 7) is 6.30. The molecule has 1 amide bonds. The molecule has 0 bridgehead atoms. The molecule has 0 radical (unpaired) electrons. The Morgan fingerprint density at radius 2 is 1.79 bits per heavy atom. The molecule has 0 spiro atoms. The third-order valence-electron chi connectivity index (χ3n) is 5.60. The maximum atomic E-state index is 13.3. The number of rotatable bonds is 8. The topological polar surface area (TPSA) is 80.2 Å². The van der Waals surface area contributed by atoms with Crippen molar-refractivity contribution in [3.05, 3.63) is 83.2 Å². The molecular weight excluding hydrogens is 466 g/mol. The van der Waals surface area contributed by atoms with E-state index in [1.165, 1.54) is 11.3 Å². The molecule has 0 N–H and O–H groups in total. The molecule has 0 aliphatic rings. The average molecular weight is 494 g/mol. The molecular formula is C26H27N3O3S2.